The van der Waals surface area contributed by atoms with Gasteiger partial charge in [-0.15, -0.1) is 0 Å². The highest BCUT2D eigenvalue weighted by Crippen LogP contribution is 2.31. The number of anilines is 1. The van der Waals surface area contributed by atoms with Crippen molar-refractivity contribution < 1.29 is 13.2 Å². The molecule has 1 saturated carbocycles. The lowest BCUT2D eigenvalue weighted by Crippen LogP contribution is -2.34. The maximum Gasteiger partial charge on any atom is 0.238 e. The molecule has 1 heterocycles. The smallest absolute Gasteiger partial charge is 0.238 e. The van der Waals surface area contributed by atoms with Gasteiger partial charge in [0.05, 0.1) is 10.9 Å². The lowest BCUT2D eigenvalue weighted by Gasteiger charge is -2.20. The number of carbonyl (C=O) groups excluding carboxylic acids is 1. The molecule has 0 atom stereocenters. The molecule has 106 valence electrons. The molecule has 1 fully saturated rings. The van der Waals surface area contributed by atoms with Gasteiger partial charge in [0.25, 0.3) is 0 Å². The van der Waals surface area contributed by atoms with Crippen molar-refractivity contribution in [2.24, 2.45) is 5.92 Å². The van der Waals surface area contributed by atoms with Gasteiger partial charge in [0.2, 0.25) is 10.0 Å². The van der Waals surface area contributed by atoms with E-state index >= 15 is 0 Å². The molecule has 1 aliphatic carbocycles. The standard InChI is InChI=1S/C12H19N3O3S/c1-12(2,3)19(17,18)15-11-9(7-13-14-11)6-10(16)8-4-5-8/h7-8H,4-6H2,1-3H3,(H2,13,14,15). The molecule has 0 bridgehead atoms. The Morgan fingerprint density at radius 2 is 2.11 bits per heavy atom. The number of H-pyrrole nitrogens is 1. The zero-order valence-corrected chi connectivity index (χ0v) is 12.2. The molecule has 0 unspecified atom stereocenters. The SMILES string of the molecule is CC(C)(C)S(=O)(=O)Nc1[nH]ncc1CC(=O)C1CC1. The van der Waals surface area contributed by atoms with Gasteiger partial charge in [0, 0.05) is 17.9 Å². The van der Waals surface area contributed by atoms with E-state index in [9.17, 15) is 13.2 Å². The van der Waals surface area contributed by atoms with E-state index in [1.165, 1.54) is 6.20 Å². The zero-order valence-electron chi connectivity index (χ0n) is 11.4. The minimum atomic E-state index is -3.52. The second-order valence-electron chi connectivity index (χ2n) is 5.91. The van der Waals surface area contributed by atoms with Crippen LogP contribution in [0.5, 0.6) is 0 Å². The summed E-state index contributed by atoms with van der Waals surface area (Å²) in [5, 5.41) is 6.42. The van der Waals surface area contributed by atoms with Crippen molar-refractivity contribution in [2.75, 3.05) is 4.72 Å². The van der Waals surface area contributed by atoms with Crippen molar-refractivity contribution >= 4 is 21.6 Å². The number of hydrogen-bond acceptors (Lipinski definition) is 4. The van der Waals surface area contributed by atoms with Crippen molar-refractivity contribution in [3.05, 3.63) is 11.8 Å². The van der Waals surface area contributed by atoms with Crippen LogP contribution >= 0.6 is 0 Å². The van der Waals surface area contributed by atoms with Gasteiger partial charge in [-0.25, -0.2) is 8.42 Å². The Balaban J connectivity index is 2.13. The number of Topliss-reactive ketones (excluding diaryl/α,β-unsaturated/α-hetero) is 1. The highest BCUT2D eigenvalue weighted by Gasteiger charge is 2.32. The van der Waals surface area contributed by atoms with Crippen molar-refractivity contribution in [2.45, 2.75) is 44.8 Å². The molecule has 0 amide bonds. The van der Waals surface area contributed by atoms with Gasteiger partial charge in [0.1, 0.15) is 11.6 Å². The predicted molar refractivity (Wildman–Crippen MR) is 72.3 cm³/mol. The molecule has 7 heteroatoms. The van der Waals surface area contributed by atoms with E-state index in [2.05, 4.69) is 14.9 Å². The second-order valence-corrected chi connectivity index (χ2v) is 8.34. The van der Waals surface area contributed by atoms with Crippen molar-refractivity contribution in [3.63, 3.8) is 0 Å². The van der Waals surface area contributed by atoms with E-state index in [0.29, 0.717) is 11.4 Å². The number of ketones is 1. The van der Waals surface area contributed by atoms with E-state index in [1.54, 1.807) is 20.8 Å². The van der Waals surface area contributed by atoms with E-state index in [1.807, 2.05) is 0 Å². The third-order valence-corrected chi connectivity index (χ3v) is 5.24. The van der Waals surface area contributed by atoms with Crippen LogP contribution in [-0.2, 0) is 21.2 Å². The molecule has 2 rings (SSSR count). The largest absolute Gasteiger partial charge is 0.299 e. The summed E-state index contributed by atoms with van der Waals surface area (Å²) < 4.78 is 25.7. The van der Waals surface area contributed by atoms with Gasteiger partial charge in [-0.3, -0.25) is 14.6 Å². The van der Waals surface area contributed by atoms with Crippen LogP contribution in [0.1, 0.15) is 39.2 Å². The summed E-state index contributed by atoms with van der Waals surface area (Å²) in [6, 6.07) is 0. The molecule has 0 spiro atoms. The second kappa shape index (κ2) is 4.63. The number of aromatic amines is 1. The van der Waals surface area contributed by atoms with E-state index in [0.717, 1.165) is 12.8 Å². The Morgan fingerprint density at radius 1 is 1.47 bits per heavy atom. The first kappa shape index (κ1) is 14.0. The summed E-state index contributed by atoms with van der Waals surface area (Å²) in [7, 11) is -3.52. The Hall–Kier alpha value is -1.37. The van der Waals surface area contributed by atoms with Gasteiger partial charge in [0.15, 0.2) is 0 Å². The van der Waals surface area contributed by atoms with E-state index in [4.69, 9.17) is 0 Å². The first-order valence-electron chi connectivity index (χ1n) is 6.28. The molecular formula is C12H19N3O3S. The average Bonchev–Trinajstić information content (AvgIpc) is 3.02. The first-order chi connectivity index (χ1) is 8.71. The lowest BCUT2D eigenvalue weighted by atomic mass is 10.1. The number of nitrogens with zero attached hydrogens (tertiary/aromatic N) is 1. The van der Waals surface area contributed by atoms with Crippen LogP contribution in [-0.4, -0.2) is 29.1 Å². The highest BCUT2D eigenvalue weighted by atomic mass is 32.2. The number of carbonyl (C=O) groups is 1. The van der Waals surface area contributed by atoms with E-state index < -0.39 is 14.8 Å². The Morgan fingerprint density at radius 3 is 2.63 bits per heavy atom. The first-order valence-corrected chi connectivity index (χ1v) is 7.76. The van der Waals surface area contributed by atoms with Gasteiger partial charge in [-0.1, -0.05) is 0 Å². The van der Waals surface area contributed by atoms with Crippen molar-refractivity contribution in [3.8, 4) is 0 Å². The lowest BCUT2D eigenvalue weighted by molar-refractivity contribution is -0.119. The van der Waals surface area contributed by atoms with Crippen LogP contribution in [0.25, 0.3) is 0 Å². The summed E-state index contributed by atoms with van der Waals surface area (Å²) in [5.41, 5.74) is 0.602. The van der Waals surface area contributed by atoms with Crippen LogP contribution in [0.3, 0.4) is 0 Å². The maximum absolute atomic E-state index is 12.1. The molecule has 0 saturated heterocycles. The van der Waals surface area contributed by atoms with Gasteiger partial charge >= 0.3 is 0 Å². The number of rotatable bonds is 5. The Bertz CT molecular complexity index is 580. The molecule has 1 aromatic heterocycles. The highest BCUT2D eigenvalue weighted by molar-refractivity contribution is 7.94. The third kappa shape index (κ3) is 3.15. The van der Waals surface area contributed by atoms with Crippen LogP contribution in [0.4, 0.5) is 5.82 Å². The fourth-order valence-corrected chi connectivity index (χ4v) is 2.31. The number of hydrogen-bond donors (Lipinski definition) is 2. The average molecular weight is 285 g/mol. The summed E-state index contributed by atoms with van der Waals surface area (Å²) in [6.45, 7) is 4.84. The Kier molecular flexibility index (Phi) is 3.42. The Labute approximate surface area is 113 Å². The monoisotopic (exact) mass is 285 g/mol. The topological polar surface area (TPSA) is 91.9 Å². The fraction of sp³-hybridized carbons (Fsp3) is 0.667. The van der Waals surface area contributed by atoms with Crippen LogP contribution < -0.4 is 4.72 Å². The molecule has 19 heavy (non-hydrogen) atoms. The van der Waals surface area contributed by atoms with Crippen molar-refractivity contribution in [1.82, 2.24) is 10.2 Å². The fourth-order valence-electron chi connectivity index (χ4n) is 1.56. The molecule has 6 nitrogen and oxygen atoms in total. The summed E-state index contributed by atoms with van der Waals surface area (Å²) in [5.74, 6) is 0.600. The number of nitrogens with one attached hydrogen (secondary N) is 2. The summed E-state index contributed by atoms with van der Waals surface area (Å²) in [4.78, 5) is 11.8. The predicted octanol–water partition coefficient (Wildman–Crippen LogP) is 1.47. The molecule has 1 aromatic rings. The van der Waals surface area contributed by atoms with Crippen LogP contribution in [0.2, 0.25) is 0 Å². The minimum absolute atomic E-state index is 0.151. The van der Waals surface area contributed by atoms with Crippen LogP contribution in [0.15, 0.2) is 6.20 Å². The molecule has 0 aromatic carbocycles. The van der Waals surface area contributed by atoms with Gasteiger partial charge in [-0.2, -0.15) is 5.10 Å². The summed E-state index contributed by atoms with van der Waals surface area (Å²) in [6.07, 6.45) is 3.61. The number of sulfonamides is 1. The van der Waals surface area contributed by atoms with Crippen molar-refractivity contribution in [1.29, 1.82) is 0 Å². The molecular weight excluding hydrogens is 266 g/mol. The van der Waals surface area contributed by atoms with Gasteiger partial charge in [-0.05, 0) is 33.6 Å². The third-order valence-electron chi connectivity index (χ3n) is 3.16. The maximum atomic E-state index is 12.1. The van der Waals surface area contributed by atoms with E-state index in [-0.39, 0.29) is 18.1 Å². The molecule has 2 N–H and O–H groups in total. The molecule has 0 aliphatic heterocycles. The molecule has 1 aliphatic rings. The molecule has 0 radical (unpaired) electrons. The zero-order chi connectivity index (χ0) is 14.3. The summed E-state index contributed by atoms with van der Waals surface area (Å²) >= 11 is 0. The van der Waals surface area contributed by atoms with Crippen LogP contribution in [0, 0.1) is 5.92 Å². The number of aromatic nitrogens is 2. The normalized spacial score (nSPS) is 16.4. The quantitative estimate of drug-likeness (QED) is 0.857. The van der Waals surface area contributed by atoms with Gasteiger partial charge < -0.3 is 0 Å². The minimum Gasteiger partial charge on any atom is -0.299 e.